The van der Waals surface area contributed by atoms with Crippen LogP contribution in [-0.4, -0.2) is 89.6 Å². The monoisotopic (exact) mass is 789 g/mol. The molecule has 1 aliphatic rings. The minimum absolute atomic E-state index is 0.121. The number of carbonyl (C=O) groups is 1. The molecule has 0 spiro atoms. The predicted octanol–water partition coefficient (Wildman–Crippen LogP) is 9.69. The Bertz CT molecular complexity index is 1080. The van der Waals surface area contributed by atoms with E-state index >= 15 is 0 Å². The molecule has 4 N–H and O–H groups in total. The van der Waals surface area contributed by atoms with E-state index in [0.717, 1.165) is 83.5 Å². The molecular weight excluding hydrogens is 709 g/mol. The average molecular weight is 789 g/mol. The van der Waals surface area contributed by atoms with Gasteiger partial charge in [-0.25, -0.2) is 0 Å². The number of aliphatic hydroxyl groups is 4. The van der Waals surface area contributed by atoms with Gasteiger partial charge in [-0.3, -0.25) is 4.79 Å². The van der Waals surface area contributed by atoms with Crippen molar-refractivity contribution in [2.75, 3.05) is 26.4 Å². The Morgan fingerprint density at radius 1 is 0.589 bits per heavy atom. The number of carbonyl (C=O) groups excluding carboxylic acids is 1. The van der Waals surface area contributed by atoms with Crippen molar-refractivity contribution in [2.45, 2.75) is 192 Å². The minimum atomic E-state index is -1.54. The molecule has 0 aromatic rings. The molecule has 9 nitrogen and oxygen atoms in total. The highest BCUT2D eigenvalue weighted by Crippen LogP contribution is 2.22. The number of ether oxygens (including phenoxy) is 4. The van der Waals surface area contributed by atoms with E-state index in [1.165, 1.54) is 51.4 Å². The molecule has 9 heteroatoms. The number of hydrogen-bond acceptors (Lipinski definition) is 9. The van der Waals surface area contributed by atoms with Crippen molar-refractivity contribution in [1.29, 1.82) is 0 Å². The number of unbranched alkanes of at least 4 members (excludes halogenated alkanes) is 13. The lowest BCUT2D eigenvalue weighted by molar-refractivity contribution is -0.305. The van der Waals surface area contributed by atoms with Crippen molar-refractivity contribution in [3.8, 4) is 0 Å². The van der Waals surface area contributed by atoms with Gasteiger partial charge in [0.1, 0.15) is 30.5 Å². The van der Waals surface area contributed by atoms with E-state index in [1.54, 1.807) is 0 Å². The molecule has 0 saturated carbocycles. The second-order valence-corrected chi connectivity index (χ2v) is 14.8. The van der Waals surface area contributed by atoms with E-state index in [1.807, 2.05) is 0 Å². The number of allylic oxidation sites excluding steroid dienone is 12. The van der Waals surface area contributed by atoms with Gasteiger partial charge in [-0.05, 0) is 64.2 Å². The first-order valence-corrected chi connectivity index (χ1v) is 22.0. The highest BCUT2D eigenvalue weighted by atomic mass is 16.7. The lowest BCUT2D eigenvalue weighted by Gasteiger charge is -2.39. The van der Waals surface area contributed by atoms with Gasteiger partial charge < -0.3 is 39.4 Å². The summed E-state index contributed by atoms with van der Waals surface area (Å²) in [6.45, 7) is 4.35. The van der Waals surface area contributed by atoms with E-state index in [0.29, 0.717) is 13.0 Å². The Morgan fingerprint density at radius 2 is 1.09 bits per heavy atom. The number of esters is 1. The quantitative estimate of drug-likeness (QED) is 0.0278. The third-order valence-corrected chi connectivity index (χ3v) is 9.64. The Hall–Kier alpha value is -2.37. The molecule has 0 aromatic carbocycles. The average Bonchev–Trinajstić information content (AvgIpc) is 3.20. The number of aliphatic hydroxyl groups excluding tert-OH is 4. The topological polar surface area (TPSA) is 135 Å². The van der Waals surface area contributed by atoms with Crippen LogP contribution in [0.2, 0.25) is 0 Å². The molecule has 0 aliphatic carbocycles. The summed E-state index contributed by atoms with van der Waals surface area (Å²) in [4.78, 5) is 12.6. The molecule has 0 radical (unpaired) electrons. The van der Waals surface area contributed by atoms with Gasteiger partial charge in [0.15, 0.2) is 6.29 Å². The van der Waals surface area contributed by atoms with Gasteiger partial charge in [0.2, 0.25) is 0 Å². The molecule has 0 aromatic heterocycles. The molecular formula is C47H80O9. The van der Waals surface area contributed by atoms with Crippen LogP contribution in [0.3, 0.4) is 0 Å². The van der Waals surface area contributed by atoms with Crippen molar-refractivity contribution in [3.63, 3.8) is 0 Å². The lowest BCUT2D eigenvalue weighted by atomic mass is 9.99. The zero-order chi connectivity index (χ0) is 40.7. The third kappa shape index (κ3) is 28.9. The zero-order valence-electron chi connectivity index (χ0n) is 35.1. The van der Waals surface area contributed by atoms with Crippen LogP contribution in [0, 0.1) is 0 Å². The minimum Gasteiger partial charge on any atom is -0.457 e. The van der Waals surface area contributed by atoms with E-state index in [9.17, 15) is 25.2 Å². The molecule has 0 amide bonds. The SMILES string of the molecule is CC/C=C\C/C=C\C/C=C\C/C=C\C/C=C\C/C=C\CCCCCCCCCOCC(COC1OC(CO)C(O)C(O)C1O)OC(=O)CCCCCCCCC. The van der Waals surface area contributed by atoms with Gasteiger partial charge in [-0.1, -0.05) is 157 Å². The summed E-state index contributed by atoms with van der Waals surface area (Å²) in [6, 6.07) is 0. The maximum atomic E-state index is 12.6. The van der Waals surface area contributed by atoms with Crippen molar-refractivity contribution in [3.05, 3.63) is 72.9 Å². The molecule has 6 atom stereocenters. The van der Waals surface area contributed by atoms with Crippen LogP contribution >= 0.6 is 0 Å². The Labute approximate surface area is 340 Å². The van der Waals surface area contributed by atoms with Crippen LogP contribution in [0.15, 0.2) is 72.9 Å². The molecule has 1 rings (SSSR count). The van der Waals surface area contributed by atoms with Crippen LogP contribution in [0.1, 0.15) is 155 Å². The predicted molar refractivity (Wildman–Crippen MR) is 228 cm³/mol. The molecule has 1 saturated heterocycles. The highest BCUT2D eigenvalue weighted by Gasteiger charge is 2.44. The standard InChI is InChI=1S/C47H80O9/c1-3-5-7-9-11-12-13-14-15-16-17-18-19-20-21-22-23-24-25-26-27-28-29-31-33-35-37-53-39-41(55-43(49)36-34-32-30-10-8-6-4-2)40-54-47-46(52)45(51)44(50)42(38-48)56-47/h5,7,11-12,14-15,17-18,20-21,23-24,41-42,44-48,50-52H,3-4,6,8-10,13,16,19,22,25-40H2,1-2H3/b7-5-,12-11-,15-14-,18-17-,21-20-,24-23-. The van der Waals surface area contributed by atoms with Crippen LogP contribution in [0.4, 0.5) is 0 Å². The lowest BCUT2D eigenvalue weighted by Crippen LogP contribution is -2.59. The smallest absolute Gasteiger partial charge is 0.306 e. The van der Waals surface area contributed by atoms with Crippen LogP contribution in [-0.2, 0) is 23.7 Å². The van der Waals surface area contributed by atoms with Crippen molar-refractivity contribution >= 4 is 5.97 Å². The normalized spacial score (nSPS) is 21.3. The zero-order valence-corrected chi connectivity index (χ0v) is 35.1. The number of rotatable bonds is 36. The summed E-state index contributed by atoms with van der Waals surface area (Å²) in [6.07, 6.45) is 42.4. The first-order valence-electron chi connectivity index (χ1n) is 22.0. The first kappa shape index (κ1) is 51.6. The van der Waals surface area contributed by atoms with Gasteiger partial charge >= 0.3 is 5.97 Å². The van der Waals surface area contributed by atoms with E-state index in [2.05, 4.69) is 86.8 Å². The summed E-state index contributed by atoms with van der Waals surface area (Å²) in [7, 11) is 0. The third-order valence-electron chi connectivity index (χ3n) is 9.64. The maximum Gasteiger partial charge on any atom is 0.306 e. The molecule has 1 aliphatic heterocycles. The van der Waals surface area contributed by atoms with Gasteiger partial charge in [-0.15, -0.1) is 0 Å². The summed E-state index contributed by atoms with van der Waals surface area (Å²) in [5, 5.41) is 39.9. The maximum absolute atomic E-state index is 12.6. The molecule has 56 heavy (non-hydrogen) atoms. The second-order valence-electron chi connectivity index (χ2n) is 14.8. The van der Waals surface area contributed by atoms with E-state index in [4.69, 9.17) is 18.9 Å². The molecule has 6 unspecified atom stereocenters. The molecule has 1 fully saturated rings. The fourth-order valence-corrected chi connectivity index (χ4v) is 6.20. The van der Waals surface area contributed by atoms with Crippen LogP contribution < -0.4 is 0 Å². The Morgan fingerprint density at radius 3 is 1.64 bits per heavy atom. The van der Waals surface area contributed by atoms with Crippen molar-refractivity contribution in [2.24, 2.45) is 0 Å². The van der Waals surface area contributed by atoms with Gasteiger partial charge in [-0.2, -0.15) is 0 Å². The summed E-state index contributed by atoms with van der Waals surface area (Å²) in [5.74, 6) is -0.328. The van der Waals surface area contributed by atoms with E-state index in [-0.39, 0.29) is 19.2 Å². The van der Waals surface area contributed by atoms with Crippen molar-refractivity contribution < 1.29 is 44.2 Å². The summed E-state index contributed by atoms with van der Waals surface area (Å²) >= 11 is 0. The fourth-order valence-electron chi connectivity index (χ4n) is 6.20. The molecule has 322 valence electrons. The fraction of sp³-hybridized carbons (Fsp3) is 0.723. The van der Waals surface area contributed by atoms with Crippen LogP contribution in [0.5, 0.6) is 0 Å². The van der Waals surface area contributed by atoms with Crippen molar-refractivity contribution in [1.82, 2.24) is 0 Å². The largest absolute Gasteiger partial charge is 0.457 e. The highest BCUT2D eigenvalue weighted by molar-refractivity contribution is 5.69. The van der Waals surface area contributed by atoms with Gasteiger partial charge in [0.25, 0.3) is 0 Å². The van der Waals surface area contributed by atoms with Gasteiger partial charge in [0.05, 0.1) is 19.8 Å². The molecule has 1 heterocycles. The molecule has 0 bridgehead atoms. The second kappa shape index (κ2) is 38.2. The van der Waals surface area contributed by atoms with Gasteiger partial charge in [0, 0.05) is 13.0 Å². The Balaban J connectivity index is 2.17. The summed E-state index contributed by atoms with van der Waals surface area (Å²) in [5.41, 5.74) is 0. The van der Waals surface area contributed by atoms with E-state index < -0.39 is 43.4 Å². The van der Waals surface area contributed by atoms with Crippen LogP contribution in [0.25, 0.3) is 0 Å². The summed E-state index contributed by atoms with van der Waals surface area (Å²) < 4.78 is 22.7. The Kier molecular flexibility index (Phi) is 35.2. The first-order chi connectivity index (χ1) is 27.4. The number of hydrogen-bond donors (Lipinski definition) is 4.